The Hall–Kier alpha value is -1.20. The zero-order valence-electron chi connectivity index (χ0n) is 11.9. The number of hydrogen-bond donors (Lipinski definition) is 2. The molecular weight excluding hydrogens is 258 g/mol. The van der Waals surface area contributed by atoms with E-state index in [-0.39, 0.29) is 5.84 Å². The number of rotatable bonds is 8. The minimum Gasteiger partial charge on any atom is -0.385 e. The van der Waals surface area contributed by atoms with Crippen molar-refractivity contribution in [3.8, 4) is 0 Å². The first kappa shape index (κ1) is 15.9. The van der Waals surface area contributed by atoms with Crippen LogP contribution in [0.2, 0.25) is 0 Å². The number of benzene rings is 1. The van der Waals surface area contributed by atoms with Gasteiger partial charge in [-0.15, -0.1) is 11.8 Å². The lowest BCUT2D eigenvalue weighted by atomic mass is 10.1. The molecule has 0 saturated carbocycles. The molecule has 0 unspecified atom stereocenters. The highest BCUT2D eigenvalue weighted by molar-refractivity contribution is 7.99. The number of thioether (sulfide) groups is 1. The Morgan fingerprint density at radius 1 is 1.47 bits per heavy atom. The van der Waals surface area contributed by atoms with Gasteiger partial charge in [-0.1, -0.05) is 13.0 Å². The maximum atomic E-state index is 7.82. The predicted molar refractivity (Wildman–Crippen MR) is 83.6 cm³/mol. The first-order valence-electron chi connectivity index (χ1n) is 6.42. The quantitative estimate of drug-likeness (QED) is 0.333. The predicted octanol–water partition coefficient (Wildman–Crippen LogP) is 2.56. The van der Waals surface area contributed by atoms with Gasteiger partial charge in [0.15, 0.2) is 0 Å². The molecule has 0 heterocycles. The summed E-state index contributed by atoms with van der Waals surface area (Å²) in [5, 5.41) is 7.82. The molecular formula is C14H23N3OS. The van der Waals surface area contributed by atoms with Gasteiger partial charge in [0, 0.05) is 37.9 Å². The van der Waals surface area contributed by atoms with Gasteiger partial charge in [-0.05, 0) is 24.3 Å². The van der Waals surface area contributed by atoms with E-state index in [9.17, 15) is 0 Å². The lowest BCUT2D eigenvalue weighted by molar-refractivity contribution is 0.196. The molecule has 0 aliphatic rings. The third-order valence-corrected chi connectivity index (χ3v) is 3.77. The fourth-order valence-electron chi connectivity index (χ4n) is 1.95. The maximum Gasteiger partial charge on any atom is 0.126 e. The topological polar surface area (TPSA) is 62.3 Å². The molecule has 0 bridgehead atoms. The van der Waals surface area contributed by atoms with Gasteiger partial charge < -0.3 is 15.4 Å². The molecule has 0 spiro atoms. The number of methoxy groups -OCH3 is 1. The van der Waals surface area contributed by atoms with Crippen molar-refractivity contribution in [2.45, 2.75) is 18.2 Å². The number of anilines is 1. The van der Waals surface area contributed by atoms with E-state index in [0.717, 1.165) is 41.5 Å². The van der Waals surface area contributed by atoms with Crippen LogP contribution >= 0.6 is 11.8 Å². The summed E-state index contributed by atoms with van der Waals surface area (Å²) in [6.07, 6.45) is 0.954. The van der Waals surface area contributed by atoms with E-state index >= 15 is 0 Å². The fourth-order valence-corrected chi connectivity index (χ4v) is 2.80. The number of nitrogens with one attached hydrogen (secondary N) is 1. The van der Waals surface area contributed by atoms with Gasteiger partial charge in [-0.2, -0.15) is 0 Å². The van der Waals surface area contributed by atoms with Crippen LogP contribution in [-0.4, -0.2) is 38.9 Å². The van der Waals surface area contributed by atoms with Crippen LogP contribution < -0.4 is 10.6 Å². The van der Waals surface area contributed by atoms with E-state index in [4.69, 9.17) is 15.9 Å². The van der Waals surface area contributed by atoms with Gasteiger partial charge in [-0.3, -0.25) is 5.41 Å². The maximum absolute atomic E-state index is 7.82. The minimum absolute atomic E-state index is 0.130. The Labute approximate surface area is 119 Å². The summed E-state index contributed by atoms with van der Waals surface area (Å²) < 4.78 is 5.07. The second kappa shape index (κ2) is 8.07. The lowest BCUT2D eigenvalue weighted by Gasteiger charge is -2.23. The molecule has 0 amide bonds. The van der Waals surface area contributed by atoms with Gasteiger partial charge in [0.2, 0.25) is 0 Å². The SMILES string of the molecule is CCSc1cccc(N(C)CCCOC)c1C(=N)N. The molecule has 1 aromatic carbocycles. The Bertz CT molecular complexity index is 423. The Balaban J connectivity index is 2.98. The normalized spacial score (nSPS) is 10.5. The molecule has 0 fully saturated rings. The van der Waals surface area contributed by atoms with Crippen molar-refractivity contribution < 1.29 is 4.74 Å². The summed E-state index contributed by atoms with van der Waals surface area (Å²) in [6, 6.07) is 6.06. The van der Waals surface area contributed by atoms with Crippen molar-refractivity contribution in [2.75, 3.05) is 38.0 Å². The average Bonchev–Trinajstić information content (AvgIpc) is 2.38. The van der Waals surface area contributed by atoms with Crippen LogP contribution in [0.5, 0.6) is 0 Å². The van der Waals surface area contributed by atoms with Crippen molar-refractivity contribution in [3.63, 3.8) is 0 Å². The molecule has 0 saturated heterocycles. The van der Waals surface area contributed by atoms with Crippen LogP contribution in [0.15, 0.2) is 23.1 Å². The Morgan fingerprint density at radius 3 is 2.79 bits per heavy atom. The number of hydrogen-bond acceptors (Lipinski definition) is 4. The van der Waals surface area contributed by atoms with Crippen LogP contribution in [0.3, 0.4) is 0 Å². The van der Waals surface area contributed by atoms with Gasteiger partial charge in [0.25, 0.3) is 0 Å². The van der Waals surface area contributed by atoms with Crippen molar-refractivity contribution >= 4 is 23.3 Å². The first-order valence-corrected chi connectivity index (χ1v) is 7.40. The average molecular weight is 281 g/mol. The standard InChI is InChI=1S/C14H23N3OS/c1-4-19-12-8-5-7-11(13(12)14(15)16)17(2)9-6-10-18-3/h5,7-8H,4,6,9-10H2,1-3H3,(H3,15,16). The highest BCUT2D eigenvalue weighted by Gasteiger charge is 2.14. The summed E-state index contributed by atoms with van der Waals surface area (Å²) in [5.74, 6) is 1.10. The summed E-state index contributed by atoms with van der Waals surface area (Å²) in [5.41, 5.74) is 7.61. The summed E-state index contributed by atoms with van der Waals surface area (Å²) in [4.78, 5) is 3.21. The van der Waals surface area contributed by atoms with Gasteiger partial charge >= 0.3 is 0 Å². The number of nitrogens with zero attached hydrogens (tertiary/aromatic N) is 1. The minimum atomic E-state index is 0.130. The first-order chi connectivity index (χ1) is 9.11. The molecule has 0 aliphatic heterocycles. The molecule has 19 heavy (non-hydrogen) atoms. The molecule has 1 aromatic rings. The highest BCUT2D eigenvalue weighted by atomic mass is 32.2. The van der Waals surface area contributed by atoms with Crippen LogP contribution in [0.4, 0.5) is 5.69 Å². The van der Waals surface area contributed by atoms with E-state index < -0.39 is 0 Å². The van der Waals surface area contributed by atoms with Gasteiger partial charge in [0.05, 0.1) is 5.56 Å². The van der Waals surface area contributed by atoms with Crippen LogP contribution in [0.1, 0.15) is 18.9 Å². The lowest BCUT2D eigenvalue weighted by Crippen LogP contribution is -2.24. The number of nitrogens with two attached hydrogens (primary N) is 1. The van der Waals surface area contributed by atoms with Crippen molar-refractivity contribution in [3.05, 3.63) is 23.8 Å². The molecule has 5 heteroatoms. The van der Waals surface area contributed by atoms with Crippen LogP contribution in [0.25, 0.3) is 0 Å². The van der Waals surface area contributed by atoms with Crippen molar-refractivity contribution in [1.29, 1.82) is 5.41 Å². The molecule has 106 valence electrons. The van der Waals surface area contributed by atoms with Crippen LogP contribution in [0, 0.1) is 5.41 Å². The van der Waals surface area contributed by atoms with Gasteiger partial charge in [0.1, 0.15) is 5.84 Å². The zero-order valence-corrected chi connectivity index (χ0v) is 12.7. The summed E-state index contributed by atoms with van der Waals surface area (Å²) in [6.45, 7) is 3.72. The molecule has 0 radical (unpaired) electrons. The van der Waals surface area contributed by atoms with Gasteiger partial charge in [-0.25, -0.2) is 0 Å². The van der Waals surface area contributed by atoms with Crippen molar-refractivity contribution in [1.82, 2.24) is 0 Å². The second-order valence-electron chi connectivity index (χ2n) is 4.26. The molecule has 1 rings (SSSR count). The molecule has 3 N–H and O–H groups in total. The fraction of sp³-hybridized carbons (Fsp3) is 0.500. The molecule has 0 aliphatic carbocycles. The third-order valence-electron chi connectivity index (χ3n) is 2.83. The van der Waals surface area contributed by atoms with E-state index in [2.05, 4.69) is 11.8 Å². The molecule has 4 nitrogen and oxygen atoms in total. The number of ether oxygens (including phenoxy) is 1. The van der Waals surface area contributed by atoms with E-state index in [1.54, 1.807) is 18.9 Å². The molecule has 0 atom stereocenters. The van der Waals surface area contributed by atoms with E-state index in [1.165, 1.54) is 0 Å². The van der Waals surface area contributed by atoms with E-state index in [0.29, 0.717) is 0 Å². The van der Waals surface area contributed by atoms with E-state index in [1.807, 2.05) is 25.2 Å². The number of amidine groups is 1. The zero-order chi connectivity index (χ0) is 14.3. The smallest absolute Gasteiger partial charge is 0.126 e. The Morgan fingerprint density at radius 2 is 2.21 bits per heavy atom. The van der Waals surface area contributed by atoms with Crippen molar-refractivity contribution in [2.24, 2.45) is 5.73 Å². The number of nitrogen functional groups attached to an aromatic ring is 1. The Kier molecular flexibility index (Phi) is 6.73. The highest BCUT2D eigenvalue weighted by Crippen LogP contribution is 2.30. The summed E-state index contributed by atoms with van der Waals surface area (Å²) >= 11 is 1.72. The third kappa shape index (κ3) is 4.44. The molecule has 0 aromatic heterocycles. The largest absolute Gasteiger partial charge is 0.385 e. The second-order valence-corrected chi connectivity index (χ2v) is 5.57. The summed E-state index contributed by atoms with van der Waals surface area (Å²) in [7, 11) is 3.73. The van der Waals surface area contributed by atoms with Crippen LogP contribution in [-0.2, 0) is 4.74 Å². The monoisotopic (exact) mass is 281 g/mol.